The van der Waals surface area contributed by atoms with Gasteiger partial charge >= 0.3 is 0 Å². The first-order valence-corrected chi connectivity index (χ1v) is 7.45. The van der Waals surface area contributed by atoms with E-state index >= 15 is 0 Å². The summed E-state index contributed by atoms with van der Waals surface area (Å²) >= 11 is 5.98. The molecule has 1 rings (SSSR count). The average Bonchev–Trinajstić information content (AvgIpc) is 2.35. The maximum atomic E-state index is 5.98. The molecule has 0 radical (unpaired) electrons. The van der Waals surface area contributed by atoms with E-state index in [4.69, 9.17) is 11.6 Å². The largest absolute Gasteiger partial charge is 0.314 e. The smallest absolute Gasteiger partial charge is 0.0406 e. The molecule has 0 heterocycles. The van der Waals surface area contributed by atoms with E-state index in [0.717, 1.165) is 17.5 Å². The lowest BCUT2D eigenvalue weighted by atomic mass is 9.82. The molecule has 0 amide bonds. The van der Waals surface area contributed by atoms with Gasteiger partial charge in [0, 0.05) is 17.6 Å². The van der Waals surface area contributed by atoms with Crippen molar-refractivity contribution < 1.29 is 0 Å². The molecule has 0 bridgehead atoms. The van der Waals surface area contributed by atoms with Gasteiger partial charge in [-0.2, -0.15) is 0 Å². The van der Waals surface area contributed by atoms with Crippen LogP contribution in [0.2, 0.25) is 5.02 Å². The minimum atomic E-state index is 0.536. The van der Waals surface area contributed by atoms with Crippen LogP contribution in [-0.2, 0) is 0 Å². The Balaban J connectivity index is 2.84. The van der Waals surface area contributed by atoms with Crippen LogP contribution in [0.5, 0.6) is 0 Å². The Morgan fingerprint density at radius 3 is 2.06 bits per heavy atom. The van der Waals surface area contributed by atoms with Crippen LogP contribution < -0.4 is 5.32 Å². The van der Waals surface area contributed by atoms with Crippen molar-refractivity contribution >= 4 is 11.6 Å². The summed E-state index contributed by atoms with van der Waals surface area (Å²) < 4.78 is 0. The van der Waals surface area contributed by atoms with Gasteiger partial charge in [0.2, 0.25) is 0 Å². The molecule has 102 valence electrons. The molecule has 0 spiro atoms. The second-order valence-corrected chi connectivity index (χ2v) is 5.73. The quantitative estimate of drug-likeness (QED) is 0.744. The molecule has 1 aromatic rings. The Hall–Kier alpha value is -0.530. The molecule has 2 heteroatoms. The molecule has 0 aliphatic rings. The van der Waals surface area contributed by atoms with E-state index in [1.807, 2.05) is 12.1 Å². The lowest BCUT2D eigenvalue weighted by Crippen LogP contribution is -2.31. The molecular formula is C16H26ClN. The molecule has 0 aromatic heterocycles. The third-order valence-electron chi connectivity index (χ3n) is 3.66. The van der Waals surface area contributed by atoms with Gasteiger partial charge in [-0.1, -0.05) is 64.3 Å². The molecule has 18 heavy (non-hydrogen) atoms. The second kappa shape index (κ2) is 7.81. The summed E-state index contributed by atoms with van der Waals surface area (Å²) in [4.78, 5) is 0. The SMILES string of the molecule is CCC(CC)C(CNC(C)C)c1ccc(Cl)cc1. The summed E-state index contributed by atoms with van der Waals surface area (Å²) in [5.41, 5.74) is 1.40. The standard InChI is InChI=1S/C16H26ClN/c1-5-13(6-2)16(11-18-12(3)4)14-7-9-15(17)10-8-14/h7-10,12-13,16,18H,5-6,11H2,1-4H3. The van der Waals surface area contributed by atoms with Gasteiger partial charge in [0.25, 0.3) is 0 Å². The minimum absolute atomic E-state index is 0.536. The maximum absolute atomic E-state index is 5.98. The maximum Gasteiger partial charge on any atom is 0.0406 e. The molecule has 0 saturated heterocycles. The molecule has 1 aromatic carbocycles. The third-order valence-corrected chi connectivity index (χ3v) is 3.91. The Morgan fingerprint density at radius 2 is 1.61 bits per heavy atom. The van der Waals surface area contributed by atoms with Gasteiger partial charge in [0.1, 0.15) is 0 Å². The first-order chi connectivity index (χ1) is 8.58. The van der Waals surface area contributed by atoms with Crippen molar-refractivity contribution in [1.29, 1.82) is 0 Å². The second-order valence-electron chi connectivity index (χ2n) is 5.30. The predicted molar refractivity (Wildman–Crippen MR) is 81.4 cm³/mol. The van der Waals surface area contributed by atoms with Gasteiger partial charge in [-0.25, -0.2) is 0 Å². The van der Waals surface area contributed by atoms with Crippen LogP contribution >= 0.6 is 11.6 Å². The molecule has 1 atom stereocenters. The highest BCUT2D eigenvalue weighted by Crippen LogP contribution is 2.30. The van der Waals surface area contributed by atoms with Crippen LogP contribution in [0.15, 0.2) is 24.3 Å². The van der Waals surface area contributed by atoms with Crippen molar-refractivity contribution in [2.45, 2.75) is 52.5 Å². The minimum Gasteiger partial charge on any atom is -0.314 e. The first-order valence-electron chi connectivity index (χ1n) is 7.07. The van der Waals surface area contributed by atoms with Crippen molar-refractivity contribution in [1.82, 2.24) is 5.32 Å². The zero-order valence-corrected chi connectivity index (χ0v) is 12.8. The number of rotatable bonds is 7. The Labute approximate surface area is 117 Å². The van der Waals surface area contributed by atoms with E-state index in [1.165, 1.54) is 18.4 Å². The fourth-order valence-corrected chi connectivity index (χ4v) is 2.61. The van der Waals surface area contributed by atoms with Crippen molar-refractivity contribution in [2.75, 3.05) is 6.54 Å². The van der Waals surface area contributed by atoms with Crippen LogP contribution in [0.25, 0.3) is 0 Å². The third kappa shape index (κ3) is 4.62. The van der Waals surface area contributed by atoms with Gasteiger partial charge in [0.05, 0.1) is 0 Å². The normalized spacial score (nSPS) is 13.3. The number of hydrogen-bond acceptors (Lipinski definition) is 1. The summed E-state index contributed by atoms with van der Waals surface area (Å²) in [5, 5.41) is 4.39. The van der Waals surface area contributed by atoms with Crippen molar-refractivity contribution in [3.63, 3.8) is 0 Å². The van der Waals surface area contributed by atoms with Gasteiger partial charge in [0.15, 0.2) is 0 Å². The summed E-state index contributed by atoms with van der Waals surface area (Å²) in [6, 6.07) is 8.89. The van der Waals surface area contributed by atoms with Crippen LogP contribution in [-0.4, -0.2) is 12.6 Å². The zero-order chi connectivity index (χ0) is 13.5. The van der Waals surface area contributed by atoms with E-state index in [-0.39, 0.29) is 0 Å². The van der Waals surface area contributed by atoms with Gasteiger partial charge in [-0.05, 0) is 29.5 Å². The number of halogens is 1. The van der Waals surface area contributed by atoms with Crippen LogP contribution in [0.4, 0.5) is 0 Å². The highest BCUT2D eigenvalue weighted by Gasteiger charge is 2.20. The zero-order valence-electron chi connectivity index (χ0n) is 12.0. The van der Waals surface area contributed by atoms with Gasteiger partial charge < -0.3 is 5.32 Å². The van der Waals surface area contributed by atoms with E-state index < -0.39 is 0 Å². The fourth-order valence-electron chi connectivity index (χ4n) is 2.49. The average molecular weight is 268 g/mol. The summed E-state index contributed by atoms with van der Waals surface area (Å²) in [6.07, 6.45) is 2.45. The number of benzene rings is 1. The van der Waals surface area contributed by atoms with E-state index in [9.17, 15) is 0 Å². The Kier molecular flexibility index (Phi) is 6.73. The summed E-state index contributed by atoms with van der Waals surface area (Å²) in [5.74, 6) is 1.32. The topological polar surface area (TPSA) is 12.0 Å². The van der Waals surface area contributed by atoms with E-state index in [2.05, 4.69) is 45.1 Å². The summed E-state index contributed by atoms with van der Waals surface area (Å²) in [7, 11) is 0. The highest BCUT2D eigenvalue weighted by molar-refractivity contribution is 6.30. The Bertz CT molecular complexity index is 327. The molecule has 1 unspecified atom stereocenters. The molecule has 1 nitrogen and oxygen atoms in total. The molecule has 0 aliphatic carbocycles. The molecular weight excluding hydrogens is 242 g/mol. The van der Waals surface area contributed by atoms with Crippen molar-refractivity contribution in [2.24, 2.45) is 5.92 Å². The molecule has 1 N–H and O–H groups in total. The molecule has 0 saturated carbocycles. The van der Waals surface area contributed by atoms with Crippen molar-refractivity contribution in [3.8, 4) is 0 Å². The number of nitrogens with one attached hydrogen (secondary N) is 1. The Morgan fingerprint density at radius 1 is 1.06 bits per heavy atom. The molecule has 0 fully saturated rings. The van der Waals surface area contributed by atoms with Gasteiger partial charge in [-0.3, -0.25) is 0 Å². The van der Waals surface area contributed by atoms with E-state index in [1.54, 1.807) is 0 Å². The number of hydrogen-bond donors (Lipinski definition) is 1. The van der Waals surface area contributed by atoms with Crippen LogP contribution in [0.3, 0.4) is 0 Å². The monoisotopic (exact) mass is 267 g/mol. The predicted octanol–water partition coefficient (Wildman–Crippen LogP) is 4.86. The molecule has 0 aliphatic heterocycles. The van der Waals surface area contributed by atoms with Crippen LogP contribution in [0, 0.1) is 5.92 Å². The first kappa shape index (κ1) is 15.5. The van der Waals surface area contributed by atoms with Gasteiger partial charge in [-0.15, -0.1) is 0 Å². The lowest BCUT2D eigenvalue weighted by Gasteiger charge is -2.27. The fraction of sp³-hybridized carbons (Fsp3) is 0.625. The lowest BCUT2D eigenvalue weighted by molar-refractivity contribution is 0.370. The highest BCUT2D eigenvalue weighted by atomic mass is 35.5. The van der Waals surface area contributed by atoms with E-state index in [0.29, 0.717) is 12.0 Å². The van der Waals surface area contributed by atoms with Crippen molar-refractivity contribution in [3.05, 3.63) is 34.9 Å². The van der Waals surface area contributed by atoms with Crippen LogP contribution in [0.1, 0.15) is 52.0 Å². The summed E-state index contributed by atoms with van der Waals surface area (Å²) in [6.45, 7) is 10.0.